The Morgan fingerprint density at radius 1 is 1.09 bits per heavy atom. The first-order valence-corrected chi connectivity index (χ1v) is 8.00. The molecule has 2 aromatic heterocycles. The molecule has 0 unspecified atom stereocenters. The minimum Gasteiger partial charge on any atom is -0.472 e. The first kappa shape index (κ1) is 16.4. The van der Waals surface area contributed by atoms with Gasteiger partial charge in [0.25, 0.3) is 0 Å². The van der Waals surface area contributed by atoms with Crippen molar-refractivity contribution in [2.45, 2.75) is 52.9 Å². The molecule has 2 aromatic rings. The number of hydrogen-bond donors (Lipinski definition) is 0. The third-order valence-electron chi connectivity index (χ3n) is 3.78. The summed E-state index contributed by atoms with van der Waals surface area (Å²) >= 11 is 0. The molecule has 22 heavy (non-hydrogen) atoms. The largest absolute Gasteiger partial charge is 0.472 e. The Balaban J connectivity index is 1.68. The molecule has 2 rings (SSSR count). The summed E-state index contributed by atoms with van der Waals surface area (Å²) in [6, 6.07) is 4.14. The van der Waals surface area contributed by atoms with E-state index in [9.17, 15) is 0 Å². The Labute approximate surface area is 133 Å². The third-order valence-corrected chi connectivity index (χ3v) is 3.78. The average Bonchev–Trinajstić information content (AvgIpc) is 3.11. The fraction of sp³-hybridized carbons (Fsp3) is 0.400. The van der Waals surface area contributed by atoms with Crippen molar-refractivity contribution < 1.29 is 8.83 Å². The van der Waals surface area contributed by atoms with Gasteiger partial charge in [-0.15, -0.1) is 0 Å². The third kappa shape index (κ3) is 5.80. The fourth-order valence-corrected chi connectivity index (χ4v) is 2.50. The van der Waals surface area contributed by atoms with E-state index >= 15 is 0 Å². The van der Waals surface area contributed by atoms with Crippen molar-refractivity contribution in [3.8, 4) is 0 Å². The molecule has 0 aliphatic rings. The van der Waals surface area contributed by atoms with Crippen molar-refractivity contribution >= 4 is 0 Å². The van der Waals surface area contributed by atoms with Gasteiger partial charge in [0.1, 0.15) is 5.76 Å². The van der Waals surface area contributed by atoms with Crippen molar-refractivity contribution in [3.63, 3.8) is 0 Å². The van der Waals surface area contributed by atoms with Crippen LogP contribution in [0.1, 0.15) is 50.0 Å². The lowest BCUT2D eigenvalue weighted by atomic mass is 10.1. The fourth-order valence-electron chi connectivity index (χ4n) is 2.50. The Morgan fingerprint density at radius 2 is 1.91 bits per heavy atom. The summed E-state index contributed by atoms with van der Waals surface area (Å²) < 4.78 is 10.6. The van der Waals surface area contributed by atoms with Gasteiger partial charge in [-0.1, -0.05) is 23.3 Å². The second-order valence-corrected chi connectivity index (χ2v) is 6.08. The SMILES string of the molecule is CC(=CCCc1ccoc1)CCC=C(C)Cc1cc(C)co1. The smallest absolute Gasteiger partial charge is 0.108 e. The van der Waals surface area contributed by atoms with E-state index in [1.165, 1.54) is 22.3 Å². The van der Waals surface area contributed by atoms with Gasteiger partial charge in [-0.2, -0.15) is 0 Å². The molecule has 0 atom stereocenters. The maximum atomic E-state index is 5.49. The predicted octanol–water partition coefficient (Wildman–Crippen LogP) is 6.03. The van der Waals surface area contributed by atoms with Crippen LogP contribution >= 0.6 is 0 Å². The lowest BCUT2D eigenvalue weighted by Gasteiger charge is -2.01. The van der Waals surface area contributed by atoms with Crippen LogP contribution in [0.3, 0.4) is 0 Å². The molecule has 0 N–H and O–H groups in total. The molecule has 2 heteroatoms. The van der Waals surface area contributed by atoms with Crippen LogP contribution in [0, 0.1) is 6.92 Å². The Bertz CT molecular complexity index is 612. The summed E-state index contributed by atoms with van der Waals surface area (Å²) in [7, 11) is 0. The minimum absolute atomic E-state index is 0.914. The van der Waals surface area contributed by atoms with E-state index in [1.807, 2.05) is 18.6 Å². The second kappa shape index (κ2) is 8.47. The molecule has 0 aromatic carbocycles. The number of furan rings is 2. The summed E-state index contributed by atoms with van der Waals surface area (Å²) in [4.78, 5) is 0. The molecule has 0 spiro atoms. The zero-order valence-electron chi connectivity index (χ0n) is 13.9. The van der Waals surface area contributed by atoms with Crippen LogP contribution in [0.2, 0.25) is 0 Å². The van der Waals surface area contributed by atoms with E-state index in [0.717, 1.165) is 37.9 Å². The molecule has 0 fully saturated rings. The average molecular weight is 298 g/mol. The molecule has 2 nitrogen and oxygen atoms in total. The minimum atomic E-state index is 0.914. The summed E-state index contributed by atoms with van der Waals surface area (Å²) in [5.74, 6) is 1.05. The lowest BCUT2D eigenvalue weighted by Crippen LogP contribution is -1.85. The van der Waals surface area contributed by atoms with Gasteiger partial charge in [-0.25, -0.2) is 0 Å². The molecular formula is C20H26O2. The summed E-state index contributed by atoms with van der Waals surface area (Å²) in [6.07, 6.45) is 15.3. The first-order valence-electron chi connectivity index (χ1n) is 8.00. The van der Waals surface area contributed by atoms with Crippen LogP contribution in [0.5, 0.6) is 0 Å². The van der Waals surface area contributed by atoms with Gasteiger partial charge in [0.2, 0.25) is 0 Å². The molecule has 0 bridgehead atoms. The van der Waals surface area contributed by atoms with Crippen LogP contribution in [-0.4, -0.2) is 0 Å². The van der Waals surface area contributed by atoms with Crippen LogP contribution < -0.4 is 0 Å². The molecule has 0 aliphatic carbocycles. The number of allylic oxidation sites excluding steroid dienone is 4. The highest BCUT2D eigenvalue weighted by atomic mass is 16.3. The zero-order valence-corrected chi connectivity index (χ0v) is 13.9. The van der Waals surface area contributed by atoms with Crippen LogP contribution in [0.15, 0.2) is 63.1 Å². The molecule has 0 aliphatic heterocycles. The molecular weight excluding hydrogens is 272 g/mol. The monoisotopic (exact) mass is 298 g/mol. The van der Waals surface area contributed by atoms with Crippen LogP contribution in [-0.2, 0) is 12.8 Å². The maximum absolute atomic E-state index is 5.49. The Morgan fingerprint density at radius 3 is 2.59 bits per heavy atom. The molecule has 0 saturated carbocycles. The van der Waals surface area contributed by atoms with Crippen molar-refractivity contribution in [1.29, 1.82) is 0 Å². The molecule has 2 heterocycles. The normalized spacial score (nSPS) is 12.9. The van der Waals surface area contributed by atoms with Crippen molar-refractivity contribution in [2.75, 3.05) is 0 Å². The topological polar surface area (TPSA) is 26.3 Å². The molecule has 118 valence electrons. The van der Waals surface area contributed by atoms with Gasteiger partial charge in [0, 0.05) is 6.42 Å². The van der Waals surface area contributed by atoms with Crippen molar-refractivity contribution in [2.24, 2.45) is 0 Å². The summed E-state index contributed by atoms with van der Waals surface area (Å²) in [5.41, 5.74) is 5.30. The van der Waals surface area contributed by atoms with Gasteiger partial charge in [-0.3, -0.25) is 0 Å². The van der Waals surface area contributed by atoms with Crippen LogP contribution in [0.25, 0.3) is 0 Å². The summed E-state index contributed by atoms with van der Waals surface area (Å²) in [5, 5.41) is 0. The highest BCUT2D eigenvalue weighted by Crippen LogP contribution is 2.14. The van der Waals surface area contributed by atoms with Crippen molar-refractivity contribution in [3.05, 3.63) is 71.1 Å². The molecule has 0 saturated heterocycles. The standard InChI is InChI=1S/C20H26O2/c1-16(7-5-9-19-10-11-21-15-19)6-4-8-17(2)12-20-13-18(3)14-22-20/h7-8,10-11,13-15H,4-6,9,12H2,1-3H3. The summed E-state index contributed by atoms with van der Waals surface area (Å²) in [6.45, 7) is 6.45. The number of hydrogen-bond acceptors (Lipinski definition) is 2. The van der Waals surface area contributed by atoms with Gasteiger partial charge >= 0.3 is 0 Å². The van der Waals surface area contributed by atoms with Gasteiger partial charge < -0.3 is 8.83 Å². The van der Waals surface area contributed by atoms with E-state index in [2.05, 4.69) is 39.0 Å². The van der Waals surface area contributed by atoms with Crippen molar-refractivity contribution in [1.82, 2.24) is 0 Å². The van der Waals surface area contributed by atoms with E-state index < -0.39 is 0 Å². The van der Waals surface area contributed by atoms with Gasteiger partial charge in [0.05, 0.1) is 18.8 Å². The Kier molecular flexibility index (Phi) is 6.32. The molecule has 0 amide bonds. The first-order chi connectivity index (χ1) is 10.6. The second-order valence-electron chi connectivity index (χ2n) is 6.08. The maximum Gasteiger partial charge on any atom is 0.108 e. The van der Waals surface area contributed by atoms with E-state index in [-0.39, 0.29) is 0 Å². The van der Waals surface area contributed by atoms with Gasteiger partial charge in [-0.05, 0) is 69.7 Å². The van der Waals surface area contributed by atoms with E-state index in [4.69, 9.17) is 8.83 Å². The van der Waals surface area contributed by atoms with E-state index in [1.54, 1.807) is 6.26 Å². The van der Waals surface area contributed by atoms with E-state index in [0.29, 0.717) is 0 Å². The number of aryl methyl sites for hydroxylation is 2. The lowest BCUT2D eigenvalue weighted by molar-refractivity contribution is 0.518. The molecule has 0 radical (unpaired) electrons. The predicted molar refractivity (Wildman–Crippen MR) is 90.9 cm³/mol. The Hall–Kier alpha value is -1.96. The zero-order chi connectivity index (χ0) is 15.8. The number of rotatable bonds is 8. The highest BCUT2D eigenvalue weighted by molar-refractivity contribution is 5.16. The highest BCUT2D eigenvalue weighted by Gasteiger charge is 2.00. The van der Waals surface area contributed by atoms with Crippen LogP contribution in [0.4, 0.5) is 0 Å². The quantitative estimate of drug-likeness (QED) is 0.556. The van der Waals surface area contributed by atoms with Gasteiger partial charge in [0.15, 0.2) is 0 Å².